The van der Waals surface area contributed by atoms with E-state index in [1.807, 2.05) is 6.07 Å². The van der Waals surface area contributed by atoms with E-state index in [9.17, 15) is 9.90 Å². The second-order valence-electron chi connectivity index (χ2n) is 6.31. The van der Waals surface area contributed by atoms with Gasteiger partial charge in [0, 0.05) is 5.56 Å². The molecule has 0 unspecified atom stereocenters. The van der Waals surface area contributed by atoms with Crippen molar-refractivity contribution in [2.24, 2.45) is 5.41 Å². The number of carboxylic acids is 1. The van der Waals surface area contributed by atoms with Crippen LogP contribution in [0.3, 0.4) is 0 Å². The van der Waals surface area contributed by atoms with Crippen LogP contribution < -0.4 is 9.47 Å². The van der Waals surface area contributed by atoms with Gasteiger partial charge in [0.25, 0.3) is 0 Å². The van der Waals surface area contributed by atoms with Crippen molar-refractivity contribution in [3.63, 3.8) is 0 Å². The average molecular weight is 357 g/mol. The molecule has 0 aliphatic carbocycles. The van der Waals surface area contributed by atoms with Crippen LogP contribution in [0.25, 0.3) is 0 Å². The van der Waals surface area contributed by atoms with Crippen LogP contribution in [-0.4, -0.2) is 24.3 Å². The molecule has 0 amide bonds. The normalized spacial score (nSPS) is 14.4. The molecule has 1 aliphatic rings. The van der Waals surface area contributed by atoms with Gasteiger partial charge in [0.2, 0.25) is 0 Å². The van der Waals surface area contributed by atoms with E-state index >= 15 is 0 Å². The summed E-state index contributed by atoms with van der Waals surface area (Å²) < 4.78 is 12.3. The lowest BCUT2D eigenvalue weighted by molar-refractivity contribution is -0.146. The molecule has 0 fully saturated rings. The molecule has 1 heterocycles. The highest BCUT2D eigenvalue weighted by Gasteiger charge is 2.31. The molecule has 0 atom stereocenters. The maximum absolute atomic E-state index is 11.4. The zero-order valence-corrected chi connectivity index (χ0v) is 14.4. The standard InChI is InChI=1S/C16H21BrO4/c1-9(2)12-10(8-16(3,4)15(18)19)7-11(17)13-14(12)21-6-5-20-13/h7,9H,5-6,8H2,1-4H3,(H,18,19). The summed E-state index contributed by atoms with van der Waals surface area (Å²) in [5.74, 6) is 0.903. The molecule has 1 aromatic carbocycles. The third-order valence-corrected chi connectivity index (χ3v) is 4.27. The highest BCUT2D eigenvalue weighted by atomic mass is 79.9. The SMILES string of the molecule is CC(C)c1c(CC(C)(C)C(=O)O)cc(Br)c2c1OCCO2. The van der Waals surface area contributed by atoms with E-state index in [0.29, 0.717) is 19.6 Å². The van der Waals surface area contributed by atoms with Crippen molar-refractivity contribution in [3.05, 3.63) is 21.7 Å². The van der Waals surface area contributed by atoms with Crippen LogP contribution in [0, 0.1) is 5.41 Å². The number of rotatable bonds is 4. The number of fused-ring (bicyclic) bond motifs is 1. The van der Waals surface area contributed by atoms with E-state index in [1.165, 1.54) is 0 Å². The smallest absolute Gasteiger partial charge is 0.309 e. The fraction of sp³-hybridized carbons (Fsp3) is 0.562. The van der Waals surface area contributed by atoms with Crippen molar-refractivity contribution < 1.29 is 19.4 Å². The van der Waals surface area contributed by atoms with Crippen molar-refractivity contribution in [1.82, 2.24) is 0 Å². The summed E-state index contributed by atoms with van der Waals surface area (Å²) in [5.41, 5.74) is 1.21. The first kappa shape index (κ1) is 16.1. The molecule has 1 aliphatic heterocycles. The summed E-state index contributed by atoms with van der Waals surface area (Å²) in [7, 11) is 0. The summed E-state index contributed by atoms with van der Waals surface area (Å²) in [4.78, 5) is 11.4. The zero-order valence-electron chi connectivity index (χ0n) is 12.8. The van der Waals surface area contributed by atoms with Gasteiger partial charge in [-0.25, -0.2) is 0 Å². The molecule has 4 nitrogen and oxygen atoms in total. The topological polar surface area (TPSA) is 55.8 Å². The molecule has 1 N–H and O–H groups in total. The van der Waals surface area contributed by atoms with Crippen molar-refractivity contribution in [1.29, 1.82) is 0 Å². The Balaban J connectivity index is 2.55. The lowest BCUT2D eigenvalue weighted by Crippen LogP contribution is -2.27. The minimum Gasteiger partial charge on any atom is -0.486 e. The first-order valence-corrected chi connectivity index (χ1v) is 7.87. The van der Waals surface area contributed by atoms with Crippen molar-refractivity contribution >= 4 is 21.9 Å². The molecule has 0 saturated heterocycles. The summed E-state index contributed by atoms with van der Waals surface area (Å²) in [6, 6.07) is 1.97. The summed E-state index contributed by atoms with van der Waals surface area (Å²) in [6.07, 6.45) is 0.449. The Morgan fingerprint density at radius 3 is 2.43 bits per heavy atom. The Hall–Kier alpha value is -1.23. The summed E-state index contributed by atoms with van der Waals surface area (Å²) in [5, 5.41) is 9.37. The minimum absolute atomic E-state index is 0.230. The Labute approximate surface area is 133 Å². The van der Waals surface area contributed by atoms with Crippen LogP contribution in [0.15, 0.2) is 10.5 Å². The average Bonchev–Trinajstić information content (AvgIpc) is 2.37. The van der Waals surface area contributed by atoms with Crippen LogP contribution >= 0.6 is 15.9 Å². The zero-order chi connectivity index (χ0) is 15.8. The molecule has 0 saturated carbocycles. The van der Waals surface area contributed by atoms with E-state index in [-0.39, 0.29) is 5.92 Å². The van der Waals surface area contributed by atoms with Crippen LogP contribution in [0.2, 0.25) is 0 Å². The quantitative estimate of drug-likeness (QED) is 0.885. The monoisotopic (exact) mass is 356 g/mol. The van der Waals surface area contributed by atoms with E-state index in [1.54, 1.807) is 13.8 Å². The van der Waals surface area contributed by atoms with Crippen molar-refractivity contribution in [2.75, 3.05) is 13.2 Å². The van der Waals surface area contributed by atoms with Gasteiger partial charge in [0.1, 0.15) is 13.2 Å². The van der Waals surface area contributed by atoms with E-state index in [2.05, 4.69) is 29.8 Å². The van der Waals surface area contributed by atoms with Crippen LogP contribution in [0.5, 0.6) is 11.5 Å². The van der Waals surface area contributed by atoms with Gasteiger partial charge in [0.15, 0.2) is 11.5 Å². The Morgan fingerprint density at radius 2 is 1.90 bits per heavy atom. The largest absolute Gasteiger partial charge is 0.486 e. The fourth-order valence-electron chi connectivity index (χ4n) is 2.57. The highest BCUT2D eigenvalue weighted by Crippen LogP contribution is 2.46. The molecule has 0 bridgehead atoms. The number of carboxylic acid groups (broad SMARTS) is 1. The van der Waals surface area contributed by atoms with E-state index in [4.69, 9.17) is 9.47 Å². The molecule has 21 heavy (non-hydrogen) atoms. The van der Waals surface area contributed by atoms with Gasteiger partial charge < -0.3 is 14.6 Å². The number of hydrogen-bond donors (Lipinski definition) is 1. The minimum atomic E-state index is -0.827. The molecule has 0 spiro atoms. The number of carbonyl (C=O) groups is 1. The van der Waals surface area contributed by atoms with Gasteiger partial charge in [-0.05, 0) is 53.7 Å². The first-order valence-electron chi connectivity index (χ1n) is 7.08. The molecule has 5 heteroatoms. The number of aliphatic carboxylic acids is 1. The second kappa shape index (κ2) is 5.87. The predicted molar refractivity (Wildman–Crippen MR) is 84.3 cm³/mol. The van der Waals surface area contributed by atoms with Gasteiger partial charge in [-0.2, -0.15) is 0 Å². The number of halogens is 1. The summed E-state index contributed by atoms with van der Waals surface area (Å²) in [6.45, 7) is 8.69. The highest BCUT2D eigenvalue weighted by molar-refractivity contribution is 9.10. The number of hydrogen-bond acceptors (Lipinski definition) is 3. The van der Waals surface area contributed by atoms with Gasteiger partial charge in [-0.15, -0.1) is 0 Å². The Kier molecular flexibility index (Phi) is 4.51. The van der Waals surface area contributed by atoms with E-state index < -0.39 is 11.4 Å². The fourth-order valence-corrected chi connectivity index (χ4v) is 3.14. The first-order chi connectivity index (χ1) is 9.74. The van der Waals surface area contributed by atoms with Crippen molar-refractivity contribution in [2.45, 2.75) is 40.0 Å². The van der Waals surface area contributed by atoms with Crippen molar-refractivity contribution in [3.8, 4) is 11.5 Å². The second-order valence-corrected chi connectivity index (χ2v) is 7.16. The maximum atomic E-state index is 11.4. The maximum Gasteiger partial charge on any atom is 0.309 e. The molecular formula is C16H21BrO4. The molecule has 0 radical (unpaired) electrons. The lowest BCUT2D eigenvalue weighted by Gasteiger charge is -2.28. The predicted octanol–water partition coefficient (Wildman–Crippen LogP) is 4.00. The summed E-state index contributed by atoms with van der Waals surface area (Å²) >= 11 is 3.51. The Morgan fingerprint density at radius 1 is 1.33 bits per heavy atom. The third kappa shape index (κ3) is 3.18. The molecule has 116 valence electrons. The number of ether oxygens (including phenoxy) is 2. The molecular weight excluding hydrogens is 336 g/mol. The van der Waals surface area contributed by atoms with Gasteiger partial charge in [0.05, 0.1) is 9.89 Å². The lowest BCUT2D eigenvalue weighted by atomic mass is 9.82. The molecule has 1 aromatic rings. The molecule has 2 rings (SSSR count). The third-order valence-electron chi connectivity index (χ3n) is 3.68. The Bertz CT molecular complexity index is 564. The van der Waals surface area contributed by atoms with Crippen LogP contribution in [0.4, 0.5) is 0 Å². The van der Waals surface area contributed by atoms with Gasteiger partial charge in [-0.3, -0.25) is 4.79 Å². The van der Waals surface area contributed by atoms with Crippen LogP contribution in [-0.2, 0) is 11.2 Å². The van der Waals surface area contributed by atoms with E-state index in [0.717, 1.165) is 27.1 Å². The number of benzene rings is 1. The molecule has 0 aromatic heterocycles. The van der Waals surface area contributed by atoms with Gasteiger partial charge in [-0.1, -0.05) is 13.8 Å². The van der Waals surface area contributed by atoms with Gasteiger partial charge >= 0.3 is 5.97 Å². The van der Waals surface area contributed by atoms with Crippen LogP contribution in [0.1, 0.15) is 44.7 Å².